The van der Waals surface area contributed by atoms with Gasteiger partial charge in [-0.2, -0.15) is 0 Å². The molecule has 0 aliphatic rings. The molecule has 21 heavy (non-hydrogen) atoms. The summed E-state index contributed by atoms with van der Waals surface area (Å²) in [6, 6.07) is 7.36. The third-order valence-electron chi connectivity index (χ3n) is 2.86. The molecule has 0 saturated heterocycles. The van der Waals surface area contributed by atoms with E-state index < -0.39 is 4.92 Å². The molecule has 0 radical (unpaired) electrons. The zero-order valence-corrected chi connectivity index (χ0v) is 11.6. The minimum Gasteiger partial charge on any atom is -0.493 e. The molecule has 1 unspecified atom stereocenters. The summed E-state index contributed by atoms with van der Waals surface area (Å²) in [5.41, 5.74) is 6.46. The quantitative estimate of drug-likeness (QED) is 0.671. The molecule has 0 aliphatic heterocycles. The van der Waals surface area contributed by atoms with Crippen molar-refractivity contribution in [3.63, 3.8) is 0 Å². The summed E-state index contributed by atoms with van der Waals surface area (Å²) < 4.78 is 10.8. The molecule has 0 saturated carbocycles. The molecule has 2 aromatic rings. The van der Waals surface area contributed by atoms with Gasteiger partial charge in [0.05, 0.1) is 18.1 Å². The molecule has 110 valence electrons. The van der Waals surface area contributed by atoms with Gasteiger partial charge in [-0.1, -0.05) is 6.07 Å². The average Bonchev–Trinajstić information content (AvgIpc) is 2.47. The van der Waals surface area contributed by atoms with Crippen LogP contribution in [0, 0.1) is 10.1 Å². The number of pyridine rings is 1. The maximum atomic E-state index is 10.9. The SMILES string of the molecule is COc1ccc([N+](=O)[O-])cc1Oc1ncccc1C(C)N. The summed E-state index contributed by atoms with van der Waals surface area (Å²) in [6.45, 7) is 1.80. The third-order valence-corrected chi connectivity index (χ3v) is 2.86. The van der Waals surface area contributed by atoms with Gasteiger partial charge in [0.2, 0.25) is 5.88 Å². The first-order chi connectivity index (χ1) is 10.0. The second-order valence-corrected chi connectivity index (χ2v) is 4.38. The van der Waals surface area contributed by atoms with Crippen molar-refractivity contribution in [1.82, 2.24) is 4.98 Å². The summed E-state index contributed by atoms with van der Waals surface area (Å²) in [5.74, 6) is 0.889. The van der Waals surface area contributed by atoms with Crippen molar-refractivity contribution >= 4 is 5.69 Å². The minimum atomic E-state index is -0.503. The van der Waals surface area contributed by atoms with Crippen LogP contribution in [0.25, 0.3) is 0 Å². The molecular formula is C14H15N3O4. The Balaban J connectivity index is 2.43. The Morgan fingerprint density at radius 1 is 1.33 bits per heavy atom. The lowest BCUT2D eigenvalue weighted by atomic mass is 10.1. The van der Waals surface area contributed by atoms with Crippen molar-refractivity contribution in [2.75, 3.05) is 7.11 Å². The van der Waals surface area contributed by atoms with Gasteiger partial charge in [-0.05, 0) is 19.1 Å². The molecular weight excluding hydrogens is 274 g/mol. The Kier molecular flexibility index (Phi) is 4.34. The lowest BCUT2D eigenvalue weighted by Crippen LogP contribution is -2.07. The highest BCUT2D eigenvalue weighted by Crippen LogP contribution is 2.35. The van der Waals surface area contributed by atoms with Gasteiger partial charge in [0.1, 0.15) is 0 Å². The highest BCUT2D eigenvalue weighted by atomic mass is 16.6. The van der Waals surface area contributed by atoms with Crippen molar-refractivity contribution in [2.24, 2.45) is 5.73 Å². The number of nitrogens with zero attached hydrogens (tertiary/aromatic N) is 2. The van der Waals surface area contributed by atoms with Crippen LogP contribution in [0.3, 0.4) is 0 Å². The van der Waals surface area contributed by atoms with Gasteiger partial charge in [0, 0.05) is 23.9 Å². The van der Waals surface area contributed by atoms with E-state index in [1.165, 1.54) is 25.3 Å². The van der Waals surface area contributed by atoms with Crippen LogP contribution in [0.1, 0.15) is 18.5 Å². The monoisotopic (exact) mass is 289 g/mol. The number of nitro groups is 1. The van der Waals surface area contributed by atoms with Crippen LogP contribution < -0.4 is 15.2 Å². The molecule has 1 aromatic carbocycles. The van der Waals surface area contributed by atoms with Crippen LogP contribution in [0.15, 0.2) is 36.5 Å². The minimum absolute atomic E-state index is 0.0934. The first kappa shape index (κ1) is 14.7. The summed E-state index contributed by atoms with van der Waals surface area (Å²) >= 11 is 0. The van der Waals surface area contributed by atoms with E-state index in [1.54, 1.807) is 25.3 Å². The fourth-order valence-electron chi connectivity index (χ4n) is 1.80. The molecule has 7 nitrogen and oxygen atoms in total. The van der Waals surface area contributed by atoms with Crippen molar-refractivity contribution in [3.8, 4) is 17.4 Å². The van der Waals surface area contributed by atoms with Crippen LogP contribution in [0.4, 0.5) is 5.69 Å². The van der Waals surface area contributed by atoms with E-state index in [9.17, 15) is 10.1 Å². The number of benzene rings is 1. The molecule has 0 aliphatic carbocycles. The van der Waals surface area contributed by atoms with Crippen LogP contribution in [0.5, 0.6) is 17.4 Å². The number of hydrogen-bond donors (Lipinski definition) is 1. The number of ether oxygens (including phenoxy) is 2. The van der Waals surface area contributed by atoms with Crippen LogP contribution in [0.2, 0.25) is 0 Å². The van der Waals surface area contributed by atoms with Crippen molar-refractivity contribution in [3.05, 3.63) is 52.2 Å². The molecule has 0 fully saturated rings. The van der Waals surface area contributed by atoms with Gasteiger partial charge >= 0.3 is 0 Å². The molecule has 0 bridgehead atoms. The van der Waals surface area contributed by atoms with E-state index in [0.29, 0.717) is 17.2 Å². The second kappa shape index (κ2) is 6.19. The van der Waals surface area contributed by atoms with E-state index in [2.05, 4.69) is 4.98 Å². The Morgan fingerprint density at radius 3 is 2.71 bits per heavy atom. The predicted octanol–water partition coefficient (Wildman–Crippen LogP) is 2.81. The van der Waals surface area contributed by atoms with Crippen LogP contribution >= 0.6 is 0 Å². The van der Waals surface area contributed by atoms with Gasteiger partial charge in [-0.25, -0.2) is 4.98 Å². The lowest BCUT2D eigenvalue weighted by molar-refractivity contribution is -0.384. The highest BCUT2D eigenvalue weighted by Gasteiger charge is 2.16. The van der Waals surface area contributed by atoms with Gasteiger partial charge in [0.25, 0.3) is 5.69 Å². The molecule has 1 heterocycles. The van der Waals surface area contributed by atoms with E-state index in [-0.39, 0.29) is 17.5 Å². The Hall–Kier alpha value is -2.67. The summed E-state index contributed by atoms with van der Waals surface area (Å²) in [4.78, 5) is 14.5. The number of non-ortho nitro benzene ring substituents is 1. The molecule has 2 N–H and O–H groups in total. The summed E-state index contributed by atoms with van der Waals surface area (Å²) in [5, 5.41) is 10.9. The van der Waals surface area contributed by atoms with Gasteiger partial charge in [0.15, 0.2) is 11.5 Å². The van der Waals surface area contributed by atoms with Crippen molar-refractivity contribution < 1.29 is 14.4 Å². The number of methoxy groups -OCH3 is 1. The maximum absolute atomic E-state index is 10.9. The smallest absolute Gasteiger partial charge is 0.273 e. The molecule has 2 rings (SSSR count). The second-order valence-electron chi connectivity index (χ2n) is 4.38. The van der Waals surface area contributed by atoms with Crippen LogP contribution in [-0.4, -0.2) is 17.0 Å². The van der Waals surface area contributed by atoms with Crippen molar-refractivity contribution in [2.45, 2.75) is 13.0 Å². The zero-order valence-electron chi connectivity index (χ0n) is 11.6. The third kappa shape index (κ3) is 3.26. The topological polar surface area (TPSA) is 101 Å². The summed E-state index contributed by atoms with van der Waals surface area (Å²) in [7, 11) is 1.46. The van der Waals surface area contributed by atoms with Gasteiger partial charge in [-0.3, -0.25) is 10.1 Å². The molecule has 0 amide bonds. The number of hydrogen-bond acceptors (Lipinski definition) is 6. The Labute approximate surface area is 121 Å². The molecule has 0 spiro atoms. The first-order valence-corrected chi connectivity index (χ1v) is 6.23. The fraction of sp³-hybridized carbons (Fsp3) is 0.214. The van der Waals surface area contributed by atoms with Crippen molar-refractivity contribution in [1.29, 1.82) is 0 Å². The number of nitro benzene ring substituents is 1. The highest BCUT2D eigenvalue weighted by molar-refractivity contribution is 5.50. The normalized spacial score (nSPS) is 11.8. The van der Waals surface area contributed by atoms with E-state index in [4.69, 9.17) is 15.2 Å². The fourth-order valence-corrected chi connectivity index (χ4v) is 1.80. The summed E-state index contributed by atoms with van der Waals surface area (Å²) in [6.07, 6.45) is 1.56. The largest absolute Gasteiger partial charge is 0.493 e. The van der Waals surface area contributed by atoms with Gasteiger partial charge < -0.3 is 15.2 Å². The maximum Gasteiger partial charge on any atom is 0.273 e. The Bertz CT molecular complexity index is 658. The molecule has 7 heteroatoms. The zero-order chi connectivity index (χ0) is 15.4. The van der Waals surface area contributed by atoms with E-state index >= 15 is 0 Å². The number of nitrogens with two attached hydrogens (primary N) is 1. The van der Waals surface area contributed by atoms with Gasteiger partial charge in [-0.15, -0.1) is 0 Å². The standard InChI is InChI=1S/C14H15N3O4/c1-9(15)11-4-3-7-16-14(11)21-13-8-10(17(18)19)5-6-12(13)20-2/h3-9H,15H2,1-2H3. The van der Waals surface area contributed by atoms with Crippen LogP contribution in [-0.2, 0) is 0 Å². The number of aromatic nitrogens is 1. The lowest BCUT2D eigenvalue weighted by Gasteiger charge is -2.14. The number of rotatable bonds is 5. The molecule has 1 atom stereocenters. The first-order valence-electron chi connectivity index (χ1n) is 6.23. The van der Waals surface area contributed by atoms with E-state index in [0.717, 1.165) is 0 Å². The van der Waals surface area contributed by atoms with E-state index in [1.807, 2.05) is 0 Å². The molecule has 1 aromatic heterocycles. The average molecular weight is 289 g/mol. The predicted molar refractivity (Wildman–Crippen MR) is 76.6 cm³/mol. The Morgan fingerprint density at radius 2 is 2.10 bits per heavy atom.